The van der Waals surface area contributed by atoms with Crippen LogP contribution < -0.4 is 10.1 Å². The van der Waals surface area contributed by atoms with Gasteiger partial charge >= 0.3 is 0 Å². The Bertz CT molecular complexity index is 1080. The fourth-order valence-corrected chi connectivity index (χ4v) is 4.12. The number of benzene rings is 2. The first-order valence-corrected chi connectivity index (χ1v) is 11.2. The summed E-state index contributed by atoms with van der Waals surface area (Å²) in [6.07, 6.45) is 6.66. The maximum absolute atomic E-state index is 12.7. The summed E-state index contributed by atoms with van der Waals surface area (Å²) in [5, 5.41) is 4.18. The molecule has 5 nitrogen and oxygen atoms in total. The zero-order valence-corrected chi connectivity index (χ0v) is 18.6. The molecule has 4 rings (SSSR count). The zero-order chi connectivity index (χ0) is 21.8. The Morgan fingerprint density at radius 2 is 2.00 bits per heavy atom. The third-order valence-corrected chi connectivity index (χ3v) is 6.17. The number of ether oxygens (including phenoxy) is 1. The molecule has 0 aliphatic carbocycles. The fourth-order valence-electron chi connectivity index (χ4n) is 4.12. The van der Waals surface area contributed by atoms with Crippen molar-refractivity contribution in [1.29, 1.82) is 0 Å². The second-order valence-corrected chi connectivity index (χ2v) is 8.11. The van der Waals surface area contributed by atoms with Gasteiger partial charge in [0.2, 0.25) is 0 Å². The zero-order valence-electron chi connectivity index (χ0n) is 18.6. The lowest BCUT2D eigenvalue weighted by atomic mass is 9.97. The van der Waals surface area contributed by atoms with Gasteiger partial charge in [-0.25, -0.2) is 0 Å². The molecule has 3 aromatic rings. The molecule has 2 N–H and O–H groups in total. The number of hydrogen-bond donors (Lipinski definition) is 2. The average molecular weight is 418 g/mol. The van der Waals surface area contributed by atoms with Crippen molar-refractivity contribution in [3.8, 4) is 5.75 Å². The van der Waals surface area contributed by atoms with Crippen molar-refractivity contribution in [2.45, 2.75) is 39.7 Å². The molecule has 2 heterocycles. The van der Waals surface area contributed by atoms with Gasteiger partial charge in [-0.3, -0.25) is 9.69 Å². The first kappa shape index (κ1) is 21.2. The third kappa shape index (κ3) is 4.67. The van der Waals surface area contributed by atoms with E-state index in [0.29, 0.717) is 18.2 Å². The van der Waals surface area contributed by atoms with Crippen LogP contribution in [0.4, 0.5) is 5.69 Å². The number of H-pyrrole nitrogens is 1. The lowest BCUT2D eigenvalue weighted by Crippen LogP contribution is -2.35. The van der Waals surface area contributed by atoms with Crippen molar-refractivity contribution >= 4 is 28.1 Å². The summed E-state index contributed by atoms with van der Waals surface area (Å²) in [5.41, 5.74) is 5.10. The van der Waals surface area contributed by atoms with Gasteiger partial charge in [-0.1, -0.05) is 13.0 Å². The number of hydrogen-bond acceptors (Lipinski definition) is 3. The van der Waals surface area contributed by atoms with Crippen molar-refractivity contribution in [3.63, 3.8) is 0 Å². The largest absolute Gasteiger partial charge is 0.494 e. The number of rotatable bonds is 7. The highest BCUT2D eigenvalue weighted by Gasteiger charge is 2.19. The number of nitrogens with one attached hydrogen (secondary N) is 2. The van der Waals surface area contributed by atoms with Gasteiger partial charge in [-0.05, 0) is 74.7 Å². The lowest BCUT2D eigenvalue weighted by molar-refractivity contribution is 0.102. The molecule has 0 saturated carbocycles. The maximum atomic E-state index is 12.7. The van der Waals surface area contributed by atoms with Gasteiger partial charge in [0.1, 0.15) is 5.75 Å². The molecule has 162 valence electrons. The quantitative estimate of drug-likeness (QED) is 0.518. The van der Waals surface area contributed by atoms with Gasteiger partial charge in [0.15, 0.2) is 0 Å². The summed E-state index contributed by atoms with van der Waals surface area (Å²) in [6, 6.07) is 13.9. The second-order valence-electron chi connectivity index (χ2n) is 8.11. The maximum Gasteiger partial charge on any atom is 0.255 e. The van der Waals surface area contributed by atoms with E-state index >= 15 is 0 Å². The molecule has 1 amide bonds. The van der Waals surface area contributed by atoms with E-state index in [9.17, 15) is 4.79 Å². The Kier molecular flexibility index (Phi) is 6.42. The van der Waals surface area contributed by atoms with Crippen LogP contribution in [-0.2, 0) is 0 Å². The van der Waals surface area contributed by atoms with Crippen LogP contribution in [0.15, 0.2) is 54.7 Å². The van der Waals surface area contributed by atoms with Gasteiger partial charge in [0, 0.05) is 53.0 Å². The van der Waals surface area contributed by atoms with Gasteiger partial charge in [0.05, 0.1) is 6.61 Å². The van der Waals surface area contributed by atoms with Crippen LogP contribution in [0.1, 0.15) is 49.5 Å². The SMILES string of the molecule is CCOc1ccc(C(=O)Nc2ccc3[nH]cc(C4=CCN(C(C)CC)CC4)c3c2)cc1. The van der Waals surface area contributed by atoms with Crippen LogP contribution in [0.3, 0.4) is 0 Å². The van der Waals surface area contributed by atoms with Crippen LogP contribution >= 0.6 is 0 Å². The van der Waals surface area contributed by atoms with Gasteiger partial charge in [-0.2, -0.15) is 0 Å². The first-order valence-electron chi connectivity index (χ1n) is 11.2. The Labute approximate surface area is 184 Å². The van der Waals surface area contributed by atoms with Crippen molar-refractivity contribution < 1.29 is 9.53 Å². The summed E-state index contributed by atoms with van der Waals surface area (Å²) in [4.78, 5) is 18.6. The molecule has 31 heavy (non-hydrogen) atoms. The van der Waals surface area contributed by atoms with E-state index in [2.05, 4.69) is 47.4 Å². The standard InChI is InChI=1S/C26H31N3O2/c1-4-18(3)29-14-12-19(13-15-29)24-17-27-25-11-8-21(16-23(24)25)28-26(30)20-6-9-22(10-7-20)31-5-2/h6-12,16-18,27H,4-5,13-15H2,1-3H3,(H,28,30). The molecule has 0 spiro atoms. The molecular weight excluding hydrogens is 386 g/mol. The van der Waals surface area contributed by atoms with Gasteiger partial charge in [0.25, 0.3) is 5.91 Å². The van der Waals surface area contributed by atoms with Crippen LogP contribution in [0.25, 0.3) is 16.5 Å². The summed E-state index contributed by atoms with van der Waals surface area (Å²) in [6.45, 7) is 9.16. The summed E-state index contributed by atoms with van der Waals surface area (Å²) in [5.74, 6) is 0.644. The first-order chi connectivity index (χ1) is 15.1. The number of carbonyl (C=O) groups is 1. The van der Waals surface area contributed by atoms with E-state index in [0.717, 1.165) is 41.9 Å². The predicted molar refractivity (Wildman–Crippen MR) is 128 cm³/mol. The molecular formula is C26H31N3O2. The van der Waals surface area contributed by atoms with E-state index in [1.807, 2.05) is 31.2 Å². The number of amides is 1. The molecule has 1 atom stereocenters. The number of carbonyl (C=O) groups excluding carboxylic acids is 1. The number of aromatic amines is 1. The van der Waals surface area contributed by atoms with Crippen LogP contribution in [0.5, 0.6) is 5.75 Å². The van der Waals surface area contributed by atoms with E-state index in [-0.39, 0.29) is 5.91 Å². The van der Waals surface area contributed by atoms with Gasteiger partial charge < -0.3 is 15.0 Å². The number of anilines is 1. The minimum Gasteiger partial charge on any atom is -0.494 e. The summed E-state index contributed by atoms with van der Waals surface area (Å²) >= 11 is 0. The molecule has 0 saturated heterocycles. The molecule has 1 aliphatic rings. The normalized spacial score (nSPS) is 15.5. The average Bonchev–Trinajstić information content (AvgIpc) is 3.22. The van der Waals surface area contributed by atoms with Crippen molar-refractivity contribution in [2.24, 2.45) is 0 Å². The Morgan fingerprint density at radius 1 is 1.19 bits per heavy atom. The molecule has 0 fully saturated rings. The minimum atomic E-state index is -0.124. The highest BCUT2D eigenvalue weighted by atomic mass is 16.5. The molecule has 1 unspecified atom stereocenters. The lowest BCUT2D eigenvalue weighted by Gasteiger charge is -2.31. The van der Waals surface area contributed by atoms with Crippen molar-refractivity contribution in [1.82, 2.24) is 9.88 Å². The highest BCUT2D eigenvalue weighted by molar-refractivity contribution is 6.05. The Balaban J connectivity index is 1.52. The van der Waals surface area contributed by atoms with E-state index in [1.54, 1.807) is 12.1 Å². The molecule has 5 heteroatoms. The van der Waals surface area contributed by atoms with Crippen molar-refractivity contribution in [2.75, 3.05) is 25.0 Å². The van der Waals surface area contributed by atoms with Crippen molar-refractivity contribution in [3.05, 3.63) is 65.9 Å². The molecule has 1 aliphatic heterocycles. The molecule has 1 aromatic heterocycles. The highest BCUT2D eigenvalue weighted by Crippen LogP contribution is 2.31. The summed E-state index contributed by atoms with van der Waals surface area (Å²) in [7, 11) is 0. The monoisotopic (exact) mass is 417 g/mol. The fraction of sp³-hybridized carbons (Fsp3) is 0.346. The van der Waals surface area contributed by atoms with E-state index in [4.69, 9.17) is 4.74 Å². The van der Waals surface area contributed by atoms with E-state index in [1.165, 1.54) is 17.6 Å². The molecule has 0 bridgehead atoms. The number of aromatic nitrogens is 1. The van der Waals surface area contributed by atoms with Crippen LogP contribution in [-0.4, -0.2) is 41.5 Å². The molecule has 0 radical (unpaired) electrons. The smallest absolute Gasteiger partial charge is 0.255 e. The Hall–Kier alpha value is -3.05. The number of nitrogens with zero attached hydrogens (tertiary/aromatic N) is 1. The number of fused-ring (bicyclic) bond motifs is 1. The predicted octanol–water partition coefficient (Wildman–Crippen LogP) is 5.71. The molecule has 2 aromatic carbocycles. The van der Waals surface area contributed by atoms with Crippen LogP contribution in [0, 0.1) is 0 Å². The van der Waals surface area contributed by atoms with Gasteiger partial charge in [-0.15, -0.1) is 0 Å². The van der Waals surface area contributed by atoms with E-state index < -0.39 is 0 Å². The Morgan fingerprint density at radius 3 is 2.68 bits per heavy atom. The summed E-state index contributed by atoms with van der Waals surface area (Å²) < 4.78 is 5.45. The third-order valence-electron chi connectivity index (χ3n) is 6.17. The topological polar surface area (TPSA) is 57.4 Å². The second kappa shape index (κ2) is 9.40. The van der Waals surface area contributed by atoms with Crippen LogP contribution in [0.2, 0.25) is 0 Å². The minimum absolute atomic E-state index is 0.124.